The number of allylic oxidation sites excluding steroid dienone is 6. The fourth-order valence-corrected chi connectivity index (χ4v) is 4.71. The SMILES string of the molecule is C#C.CC.CN=CC(C)=C(C)C.Cc1cccc(CN2CCC(CNC(C)CCC3=CC=CCC3C)CC2)c1. The van der Waals surface area contributed by atoms with Gasteiger partial charge in [0.2, 0.25) is 0 Å². The predicted octanol–water partition coefficient (Wildman–Crippen LogP) is 8.81. The second kappa shape index (κ2) is 22.4. The number of rotatable bonds is 9. The lowest BCUT2D eigenvalue weighted by atomic mass is 9.89. The van der Waals surface area contributed by atoms with Gasteiger partial charge in [-0.25, -0.2) is 0 Å². The van der Waals surface area contributed by atoms with Gasteiger partial charge in [0.1, 0.15) is 0 Å². The predicted molar refractivity (Wildman–Crippen MR) is 177 cm³/mol. The average Bonchev–Trinajstić information content (AvgIpc) is 2.95. The molecule has 0 aromatic heterocycles. The Morgan fingerprint density at radius 3 is 2.36 bits per heavy atom. The molecule has 3 rings (SSSR count). The van der Waals surface area contributed by atoms with Crippen molar-refractivity contribution in [1.29, 1.82) is 0 Å². The minimum atomic E-state index is 0.620. The number of hydrogen-bond acceptors (Lipinski definition) is 3. The molecule has 39 heavy (non-hydrogen) atoms. The van der Waals surface area contributed by atoms with Gasteiger partial charge in [0.05, 0.1) is 0 Å². The monoisotopic (exact) mass is 533 g/mol. The number of terminal acetylenes is 1. The molecule has 0 radical (unpaired) electrons. The maximum absolute atomic E-state index is 4.00. The molecule has 1 aliphatic carbocycles. The van der Waals surface area contributed by atoms with E-state index in [1.807, 2.05) is 20.1 Å². The molecule has 1 heterocycles. The highest BCUT2D eigenvalue weighted by Gasteiger charge is 2.20. The molecule has 1 aromatic rings. The van der Waals surface area contributed by atoms with E-state index in [0.717, 1.165) is 18.4 Å². The third-order valence-electron chi connectivity index (χ3n) is 7.50. The van der Waals surface area contributed by atoms with Crippen molar-refractivity contribution in [1.82, 2.24) is 10.2 Å². The van der Waals surface area contributed by atoms with E-state index in [1.54, 1.807) is 12.6 Å². The fraction of sp³-hybridized carbons (Fsp3) is 0.583. The molecule has 0 amide bonds. The minimum Gasteiger partial charge on any atom is -0.314 e. The number of aliphatic imine (C=N–C) groups is 1. The van der Waals surface area contributed by atoms with Gasteiger partial charge in [0.15, 0.2) is 0 Å². The van der Waals surface area contributed by atoms with Gasteiger partial charge in [-0.05, 0) is 109 Å². The summed E-state index contributed by atoms with van der Waals surface area (Å²) in [5.74, 6) is 1.58. The van der Waals surface area contributed by atoms with Crippen LogP contribution in [-0.4, -0.2) is 43.8 Å². The average molecular weight is 534 g/mol. The van der Waals surface area contributed by atoms with Crippen molar-refractivity contribution in [2.24, 2.45) is 16.8 Å². The van der Waals surface area contributed by atoms with Crippen LogP contribution in [0.5, 0.6) is 0 Å². The van der Waals surface area contributed by atoms with Crippen LogP contribution in [0.3, 0.4) is 0 Å². The molecule has 0 saturated carbocycles. The Kier molecular flexibility index (Phi) is 21.0. The first-order valence-electron chi connectivity index (χ1n) is 15.0. The van der Waals surface area contributed by atoms with Crippen LogP contribution in [0.2, 0.25) is 0 Å². The van der Waals surface area contributed by atoms with Crippen molar-refractivity contribution in [2.75, 3.05) is 26.7 Å². The quantitative estimate of drug-likeness (QED) is 0.254. The maximum atomic E-state index is 4.00. The van der Waals surface area contributed by atoms with E-state index in [1.165, 1.54) is 74.0 Å². The first-order chi connectivity index (χ1) is 18.8. The van der Waals surface area contributed by atoms with Crippen molar-refractivity contribution in [2.45, 2.75) is 100 Å². The van der Waals surface area contributed by atoms with E-state index in [2.05, 4.69) is 112 Å². The van der Waals surface area contributed by atoms with Gasteiger partial charge in [-0.15, -0.1) is 12.8 Å². The highest BCUT2D eigenvalue weighted by atomic mass is 15.1. The first-order valence-corrected chi connectivity index (χ1v) is 15.0. The van der Waals surface area contributed by atoms with Crippen LogP contribution < -0.4 is 5.32 Å². The van der Waals surface area contributed by atoms with Gasteiger partial charge in [-0.2, -0.15) is 0 Å². The number of aryl methyl sites for hydroxylation is 1. The van der Waals surface area contributed by atoms with E-state index in [4.69, 9.17) is 0 Å². The molecular formula is C36H59N3. The number of nitrogens with zero attached hydrogens (tertiary/aromatic N) is 2. The Hall–Kier alpha value is -2.41. The standard InChI is InChI=1S/C25H38N2.C7H13N.C2H6.C2H2/c1-20-7-6-9-24(17-20)19-27-15-13-23(14-16-27)18-26-22(3)11-12-25-10-5-4-8-21(25)2;1-6(2)7(3)5-8-4;2*1-2/h4-7,9-10,17,21-23,26H,8,11-16,18-19H2,1-3H3;5H,1-4H3;1-2H3;1-2H. The third kappa shape index (κ3) is 16.3. The van der Waals surface area contributed by atoms with Crippen LogP contribution in [0.4, 0.5) is 0 Å². The highest BCUT2D eigenvalue weighted by Crippen LogP contribution is 2.24. The van der Waals surface area contributed by atoms with E-state index in [9.17, 15) is 0 Å². The molecule has 1 aliphatic heterocycles. The number of piperidine rings is 1. The molecule has 1 fully saturated rings. The number of likely N-dealkylation sites (tertiary alicyclic amines) is 1. The summed E-state index contributed by atoms with van der Waals surface area (Å²) in [5.41, 5.74) is 7.05. The van der Waals surface area contributed by atoms with Crippen LogP contribution in [0.1, 0.15) is 91.7 Å². The number of nitrogens with one attached hydrogen (secondary N) is 1. The van der Waals surface area contributed by atoms with Crippen LogP contribution >= 0.6 is 0 Å². The molecule has 1 N–H and O–H groups in total. The van der Waals surface area contributed by atoms with Gasteiger partial charge in [-0.1, -0.05) is 80.0 Å². The summed E-state index contributed by atoms with van der Waals surface area (Å²) in [6.45, 7) is 21.9. The van der Waals surface area contributed by atoms with Gasteiger partial charge in [-0.3, -0.25) is 9.89 Å². The first kappa shape index (κ1) is 36.6. The van der Waals surface area contributed by atoms with E-state index < -0.39 is 0 Å². The second-order valence-corrected chi connectivity index (χ2v) is 10.9. The third-order valence-corrected chi connectivity index (χ3v) is 7.50. The smallest absolute Gasteiger partial charge is 0.0277 e. The molecule has 218 valence electrons. The normalized spacial score (nSPS) is 17.9. The van der Waals surface area contributed by atoms with Gasteiger partial charge < -0.3 is 5.32 Å². The van der Waals surface area contributed by atoms with Crippen molar-refractivity contribution in [3.8, 4) is 12.8 Å². The summed E-state index contributed by atoms with van der Waals surface area (Å²) >= 11 is 0. The molecule has 2 atom stereocenters. The van der Waals surface area contributed by atoms with Crippen LogP contribution in [-0.2, 0) is 6.54 Å². The zero-order chi connectivity index (χ0) is 29.6. The molecule has 2 aliphatic rings. The van der Waals surface area contributed by atoms with Crippen molar-refractivity contribution >= 4 is 6.21 Å². The Labute approximate surface area is 243 Å². The summed E-state index contributed by atoms with van der Waals surface area (Å²) < 4.78 is 0. The Bertz CT molecular complexity index is 906. The fourth-order valence-electron chi connectivity index (χ4n) is 4.71. The second-order valence-electron chi connectivity index (χ2n) is 10.9. The molecule has 1 saturated heterocycles. The van der Waals surface area contributed by atoms with Crippen LogP contribution in [0.15, 0.2) is 64.2 Å². The Morgan fingerprint density at radius 2 is 1.82 bits per heavy atom. The highest BCUT2D eigenvalue weighted by molar-refractivity contribution is 5.78. The molecule has 2 unspecified atom stereocenters. The van der Waals surface area contributed by atoms with Crippen molar-refractivity contribution in [3.05, 3.63) is 70.3 Å². The lowest BCUT2D eigenvalue weighted by molar-refractivity contribution is 0.173. The molecule has 3 heteroatoms. The molecule has 3 nitrogen and oxygen atoms in total. The zero-order valence-electron chi connectivity index (χ0n) is 26.8. The number of benzene rings is 1. The minimum absolute atomic E-state index is 0.620. The van der Waals surface area contributed by atoms with E-state index in [-0.39, 0.29) is 0 Å². The lowest BCUT2D eigenvalue weighted by Gasteiger charge is -2.32. The summed E-state index contributed by atoms with van der Waals surface area (Å²) in [4.78, 5) is 6.50. The molecular weight excluding hydrogens is 474 g/mol. The van der Waals surface area contributed by atoms with Gasteiger partial charge in [0, 0.05) is 25.8 Å². The van der Waals surface area contributed by atoms with Gasteiger partial charge >= 0.3 is 0 Å². The molecule has 0 bridgehead atoms. The maximum Gasteiger partial charge on any atom is 0.0277 e. The summed E-state index contributed by atoms with van der Waals surface area (Å²) in [7, 11) is 1.78. The Balaban J connectivity index is 0.00000102. The van der Waals surface area contributed by atoms with Crippen molar-refractivity contribution in [3.63, 3.8) is 0 Å². The molecule has 0 spiro atoms. The Morgan fingerprint density at radius 1 is 1.15 bits per heavy atom. The summed E-state index contributed by atoms with van der Waals surface area (Å²) in [5, 5.41) is 3.81. The zero-order valence-corrected chi connectivity index (χ0v) is 26.8. The van der Waals surface area contributed by atoms with E-state index >= 15 is 0 Å². The number of hydrogen-bond donors (Lipinski definition) is 1. The van der Waals surface area contributed by atoms with Crippen LogP contribution in [0, 0.1) is 31.6 Å². The van der Waals surface area contributed by atoms with E-state index in [0.29, 0.717) is 6.04 Å². The van der Waals surface area contributed by atoms with Crippen LogP contribution in [0.25, 0.3) is 0 Å². The van der Waals surface area contributed by atoms with Crippen molar-refractivity contribution < 1.29 is 0 Å². The topological polar surface area (TPSA) is 27.6 Å². The largest absolute Gasteiger partial charge is 0.314 e. The lowest BCUT2D eigenvalue weighted by Crippen LogP contribution is -2.39. The summed E-state index contributed by atoms with van der Waals surface area (Å²) in [6, 6.07) is 9.58. The van der Waals surface area contributed by atoms with Gasteiger partial charge in [0.25, 0.3) is 0 Å². The molecule has 1 aromatic carbocycles. The summed E-state index contributed by atoms with van der Waals surface area (Å²) in [6.07, 6.45) is 23.1.